The Morgan fingerprint density at radius 1 is 1.08 bits per heavy atom. The average molecular weight is 370 g/mol. The van der Waals surface area contributed by atoms with E-state index < -0.39 is 11.0 Å². The highest BCUT2D eigenvalue weighted by Crippen LogP contribution is 2.50. The number of hydrogen-bond acceptors (Lipinski definition) is 2. The van der Waals surface area contributed by atoms with Crippen molar-refractivity contribution in [3.8, 4) is 5.75 Å². The molecule has 0 N–H and O–H groups in total. The molecule has 26 heavy (non-hydrogen) atoms. The fraction of sp³-hybridized carbons (Fsp3) is 0.409. The van der Waals surface area contributed by atoms with Crippen LogP contribution >= 0.6 is 11.6 Å². The van der Waals surface area contributed by atoms with E-state index in [1.807, 2.05) is 41.3 Å². The number of rotatable bonds is 2. The molecule has 2 heterocycles. The Morgan fingerprint density at radius 3 is 2.46 bits per heavy atom. The van der Waals surface area contributed by atoms with Gasteiger partial charge in [-0.3, -0.25) is 4.79 Å². The minimum Gasteiger partial charge on any atom is -0.487 e. The van der Waals surface area contributed by atoms with Crippen LogP contribution < -0.4 is 4.74 Å². The fourth-order valence-electron chi connectivity index (χ4n) is 4.48. The van der Waals surface area contributed by atoms with E-state index in [4.69, 9.17) is 16.3 Å². The molecule has 0 radical (unpaired) electrons. The Balaban J connectivity index is 1.99. The minimum atomic E-state index is -0.770. The molecule has 1 amide bonds. The third-order valence-electron chi connectivity index (χ3n) is 5.50. The van der Waals surface area contributed by atoms with Gasteiger partial charge in [-0.05, 0) is 50.5 Å². The van der Waals surface area contributed by atoms with Crippen LogP contribution in [0.4, 0.5) is 0 Å². The largest absolute Gasteiger partial charge is 0.487 e. The van der Waals surface area contributed by atoms with Crippen LogP contribution in [0.1, 0.15) is 44.2 Å². The van der Waals surface area contributed by atoms with E-state index in [1.165, 1.54) is 0 Å². The molecule has 1 atom stereocenters. The molecule has 2 aromatic carbocycles. The number of amides is 1. The number of carbonyl (C=O) groups is 1. The standard InChI is InChI=1S/C22H24ClNO2/c1-21(2)15-22(16-8-4-3-5-9-16,20(25)24-12-6-7-13-24)18-14-17(23)10-11-19(18)26-21/h3-5,8-11,14H,6-7,12-13,15H2,1-2H3. The summed E-state index contributed by atoms with van der Waals surface area (Å²) in [6, 6.07) is 15.7. The van der Waals surface area contributed by atoms with E-state index in [2.05, 4.69) is 26.0 Å². The van der Waals surface area contributed by atoms with Crippen molar-refractivity contribution in [3.05, 3.63) is 64.7 Å². The molecule has 0 aromatic heterocycles. The maximum atomic E-state index is 13.9. The van der Waals surface area contributed by atoms with Crippen LogP contribution in [0, 0.1) is 0 Å². The summed E-state index contributed by atoms with van der Waals surface area (Å²) in [4.78, 5) is 15.9. The Kier molecular flexibility index (Phi) is 4.23. The van der Waals surface area contributed by atoms with Crippen LogP contribution in [-0.2, 0) is 10.2 Å². The predicted molar refractivity (Wildman–Crippen MR) is 104 cm³/mol. The first-order chi connectivity index (χ1) is 12.4. The molecular weight excluding hydrogens is 346 g/mol. The highest BCUT2D eigenvalue weighted by atomic mass is 35.5. The van der Waals surface area contributed by atoms with Gasteiger partial charge in [-0.15, -0.1) is 0 Å². The van der Waals surface area contributed by atoms with Gasteiger partial charge in [-0.2, -0.15) is 0 Å². The highest BCUT2D eigenvalue weighted by Gasteiger charge is 2.53. The fourth-order valence-corrected chi connectivity index (χ4v) is 4.65. The maximum Gasteiger partial charge on any atom is 0.237 e. The van der Waals surface area contributed by atoms with Crippen molar-refractivity contribution in [2.24, 2.45) is 0 Å². The van der Waals surface area contributed by atoms with Gasteiger partial charge < -0.3 is 9.64 Å². The smallest absolute Gasteiger partial charge is 0.237 e. The molecule has 0 aliphatic carbocycles. The zero-order valence-corrected chi connectivity index (χ0v) is 16.1. The van der Waals surface area contributed by atoms with Crippen molar-refractivity contribution in [1.82, 2.24) is 4.90 Å². The van der Waals surface area contributed by atoms with Crippen LogP contribution in [0.3, 0.4) is 0 Å². The van der Waals surface area contributed by atoms with Gasteiger partial charge in [0.25, 0.3) is 0 Å². The zero-order chi connectivity index (χ0) is 18.4. The number of halogens is 1. The topological polar surface area (TPSA) is 29.5 Å². The Hall–Kier alpha value is -2.00. The number of hydrogen-bond donors (Lipinski definition) is 0. The first-order valence-electron chi connectivity index (χ1n) is 9.26. The highest BCUT2D eigenvalue weighted by molar-refractivity contribution is 6.30. The van der Waals surface area contributed by atoms with Gasteiger partial charge in [0, 0.05) is 30.1 Å². The van der Waals surface area contributed by atoms with E-state index in [9.17, 15) is 4.79 Å². The van der Waals surface area contributed by atoms with E-state index >= 15 is 0 Å². The summed E-state index contributed by atoms with van der Waals surface area (Å²) in [6.45, 7) is 5.76. The molecule has 0 spiro atoms. The lowest BCUT2D eigenvalue weighted by molar-refractivity contribution is -0.137. The van der Waals surface area contributed by atoms with Crippen molar-refractivity contribution in [2.75, 3.05) is 13.1 Å². The Bertz CT molecular complexity index is 827. The normalized spacial score (nSPS) is 24.0. The van der Waals surface area contributed by atoms with E-state index in [0.29, 0.717) is 11.4 Å². The van der Waals surface area contributed by atoms with Crippen LogP contribution in [-0.4, -0.2) is 29.5 Å². The summed E-state index contributed by atoms with van der Waals surface area (Å²) < 4.78 is 6.23. The SMILES string of the molecule is CC1(C)CC(C(=O)N2CCCC2)(c2ccccc2)c2cc(Cl)ccc2O1. The van der Waals surface area contributed by atoms with Crippen molar-refractivity contribution < 1.29 is 9.53 Å². The number of benzene rings is 2. The first kappa shape index (κ1) is 17.4. The third-order valence-corrected chi connectivity index (χ3v) is 5.74. The quantitative estimate of drug-likeness (QED) is 0.760. The van der Waals surface area contributed by atoms with Crippen molar-refractivity contribution in [3.63, 3.8) is 0 Å². The van der Waals surface area contributed by atoms with Crippen molar-refractivity contribution in [2.45, 2.75) is 44.1 Å². The summed E-state index contributed by atoms with van der Waals surface area (Å²) in [6.07, 6.45) is 2.73. The van der Waals surface area contributed by atoms with Gasteiger partial charge in [0.1, 0.15) is 16.8 Å². The number of ether oxygens (including phenoxy) is 1. The number of carbonyl (C=O) groups excluding carboxylic acids is 1. The number of fused-ring (bicyclic) bond motifs is 1. The van der Waals surface area contributed by atoms with E-state index in [-0.39, 0.29) is 5.91 Å². The monoisotopic (exact) mass is 369 g/mol. The van der Waals surface area contributed by atoms with Gasteiger partial charge in [-0.1, -0.05) is 41.9 Å². The van der Waals surface area contributed by atoms with Crippen molar-refractivity contribution in [1.29, 1.82) is 0 Å². The van der Waals surface area contributed by atoms with Gasteiger partial charge in [0.2, 0.25) is 5.91 Å². The number of likely N-dealkylation sites (tertiary alicyclic amines) is 1. The molecule has 136 valence electrons. The molecule has 3 nitrogen and oxygen atoms in total. The molecule has 2 aliphatic heterocycles. The van der Waals surface area contributed by atoms with Gasteiger partial charge in [-0.25, -0.2) is 0 Å². The van der Waals surface area contributed by atoms with Crippen molar-refractivity contribution >= 4 is 17.5 Å². The Morgan fingerprint density at radius 2 is 1.77 bits per heavy atom. The summed E-state index contributed by atoms with van der Waals surface area (Å²) in [7, 11) is 0. The third kappa shape index (κ3) is 2.79. The summed E-state index contributed by atoms with van der Waals surface area (Å²) in [5.74, 6) is 0.920. The van der Waals surface area contributed by atoms with Crippen LogP contribution in [0.25, 0.3) is 0 Å². The van der Waals surface area contributed by atoms with Gasteiger partial charge in [0.15, 0.2) is 0 Å². The van der Waals surface area contributed by atoms with Crippen LogP contribution in [0.2, 0.25) is 5.02 Å². The summed E-state index contributed by atoms with van der Waals surface area (Å²) in [5.41, 5.74) is 0.670. The minimum absolute atomic E-state index is 0.168. The summed E-state index contributed by atoms with van der Waals surface area (Å²) >= 11 is 6.35. The van der Waals surface area contributed by atoms with E-state index in [0.717, 1.165) is 42.8 Å². The predicted octanol–water partition coefficient (Wildman–Crippen LogP) is 4.81. The second kappa shape index (κ2) is 6.31. The van der Waals surface area contributed by atoms with E-state index in [1.54, 1.807) is 0 Å². The maximum absolute atomic E-state index is 13.9. The molecule has 4 rings (SSSR count). The molecule has 4 heteroatoms. The second-order valence-corrected chi connectivity index (χ2v) is 8.39. The van der Waals surface area contributed by atoms with Crippen LogP contribution in [0.5, 0.6) is 5.75 Å². The lowest BCUT2D eigenvalue weighted by Gasteiger charge is -2.46. The lowest BCUT2D eigenvalue weighted by Crippen LogP contribution is -2.54. The number of nitrogens with zero attached hydrogens (tertiary/aromatic N) is 1. The lowest BCUT2D eigenvalue weighted by atomic mass is 9.65. The van der Waals surface area contributed by atoms with Gasteiger partial charge in [0.05, 0.1) is 0 Å². The molecular formula is C22H24ClNO2. The molecule has 1 unspecified atom stereocenters. The molecule has 2 aliphatic rings. The molecule has 1 fully saturated rings. The molecule has 0 bridgehead atoms. The Labute approximate surface area is 159 Å². The van der Waals surface area contributed by atoms with Crippen LogP contribution in [0.15, 0.2) is 48.5 Å². The zero-order valence-electron chi connectivity index (χ0n) is 15.3. The first-order valence-corrected chi connectivity index (χ1v) is 9.64. The van der Waals surface area contributed by atoms with Gasteiger partial charge >= 0.3 is 0 Å². The molecule has 0 saturated carbocycles. The molecule has 1 saturated heterocycles. The second-order valence-electron chi connectivity index (χ2n) is 7.95. The molecule has 2 aromatic rings. The summed E-state index contributed by atoms with van der Waals surface area (Å²) in [5, 5.41) is 0.626. The average Bonchev–Trinajstić information content (AvgIpc) is 3.15.